The second kappa shape index (κ2) is 3.02. The van der Waals surface area contributed by atoms with Gasteiger partial charge in [-0.2, -0.15) is 0 Å². The van der Waals surface area contributed by atoms with Crippen LogP contribution >= 0.6 is 0 Å². The fraction of sp³-hybridized carbons (Fsp3) is 0.167. The quantitative estimate of drug-likeness (QED) is 0.735. The molecule has 0 bridgehead atoms. The number of amides is 1. The first-order chi connectivity index (χ1) is 7.74. The van der Waals surface area contributed by atoms with Crippen LogP contribution in [0, 0.1) is 0 Å². The summed E-state index contributed by atoms with van der Waals surface area (Å²) < 4.78 is 0. The molecule has 0 spiro atoms. The summed E-state index contributed by atoms with van der Waals surface area (Å²) in [7, 11) is 0. The number of benzene rings is 1. The van der Waals surface area contributed by atoms with Crippen LogP contribution in [0.15, 0.2) is 29.8 Å². The third kappa shape index (κ3) is 0.967. The molecule has 2 N–H and O–H groups in total. The summed E-state index contributed by atoms with van der Waals surface area (Å²) in [5.74, 6) is -0.136. The minimum absolute atomic E-state index is 0.0413. The fourth-order valence-corrected chi connectivity index (χ4v) is 2.33. The molecular formula is C12H10N2O2. The number of hydrogen-bond donors (Lipinski definition) is 1. The van der Waals surface area contributed by atoms with E-state index in [2.05, 4.69) is 0 Å². The summed E-state index contributed by atoms with van der Waals surface area (Å²) in [6, 6.07) is 7.32. The second-order valence-electron chi connectivity index (χ2n) is 3.89. The highest BCUT2D eigenvalue weighted by atomic mass is 16.2. The minimum Gasteiger partial charge on any atom is -0.326 e. The van der Waals surface area contributed by atoms with E-state index < -0.39 is 0 Å². The van der Waals surface area contributed by atoms with E-state index in [4.69, 9.17) is 5.73 Å². The lowest BCUT2D eigenvalue weighted by Crippen LogP contribution is -2.23. The van der Waals surface area contributed by atoms with Crippen LogP contribution < -0.4 is 5.73 Å². The molecule has 0 saturated carbocycles. The van der Waals surface area contributed by atoms with Crippen molar-refractivity contribution in [3.8, 4) is 0 Å². The molecule has 2 heterocycles. The van der Waals surface area contributed by atoms with Gasteiger partial charge >= 0.3 is 0 Å². The number of carbonyl (C=O) groups excluding carboxylic acids is 2. The van der Waals surface area contributed by atoms with E-state index >= 15 is 0 Å². The van der Waals surface area contributed by atoms with Gasteiger partial charge in [0.2, 0.25) is 0 Å². The zero-order valence-electron chi connectivity index (χ0n) is 8.56. The maximum absolute atomic E-state index is 12.0. The minimum atomic E-state index is -0.0950. The largest absolute Gasteiger partial charge is 0.326 e. The van der Waals surface area contributed by atoms with Crippen LogP contribution in [0.1, 0.15) is 15.9 Å². The molecule has 2 aliphatic rings. The number of Topliss-reactive ketones (excluding diaryl/α,β-unsaturated/α-hetero) is 1. The molecular weight excluding hydrogens is 204 g/mol. The summed E-state index contributed by atoms with van der Waals surface area (Å²) in [5.41, 5.74) is 8.34. The maximum Gasteiger partial charge on any atom is 0.259 e. The van der Waals surface area contributed by atoms with Gasteiger partial charge in [0.15, 0.2) is 5.78 Å². The Morgan fingerprint density at radius 1 is 1.19 bits per heavy atom. The Kier molecular flexibility index (Phi) is 1.76. The highest BCUT2D eigenvalue weighted by Crippen LogP contribution is 2.38. The monoisotopic (exact) mass is 214 g/mol. The predicted octanol–water partition coefficient (Wildman–Crippen LogP) is 0.395. The SMILES string of the molecule is NCC1=C2c3ccccc3C(=O)N2CC1=O. The van der Waals surface area contributed by atoms with Crippen molar-refractivity contribution in [1.82, 2.24) is 4.90 Å². The van der Waals surface area contributed by atoms with Crippen molar-refractivity contribution < 1.29 is 9.59 Å². The molecule has 1 amide bonds. The van der Waals surface area contributed by atoms with E-state index in [0.29, 0.717) is 16.8 Å². The Labute approximate surface area is 92.3 Å². The lowest BCUT2D eigenvalue weighted by Gasteiger charge is -2.08. The van der Waals surface area contributed by atoms with Crippen LogP contribution in [0.3, 0.4) is 0 Å². The summed E-state index contributed by atoms with van der Waals surface area (Å²) in [6.45, 7) is 0.321. The van der Waals surface area contributed by atoms with Crippen LogP contribution in [-0.4, -0.2) is 29.7 Å². The van der Waals surface area contributed by atoms with Gasteiger partial charge in [-0.3, -0.25) is 14.5 Å². The average Bonchev–Trinajstić information content (AvgIpc) is 2.76. The topological polar surface area (TPSA) is 63.4 Å². The van der Waals surface area contributed by atoms with Crippen LogP contribution in [0.4, 0.5) is 0 Å². The first-order valence-electron chi connectivity index (χ1n) is 5.11. The normalized spacial score (nSPS) is 18.2. The number of nitrogens with zero attached hydrogens (tertiary/aromatic N) is 1. The summed E-state index contributed by atoms with van der Waals surface area (Å²) >= 11 is 0. The first kappa shape index (κ1) is 9.30. The Morgan fingerprint density at radius 2 is 1.88 bits per heavy atom. The van der Waals surface area contributed by atoms with Crippen LogP contribution in [-0.2, 0) is 4.79 Å². The molecule has 0 saturated heterocycles. The number of hydrogen-bond acceptors (Lipinski definition) is 3. The van der Waals surface area contributed by atoms with Crippen molar-refractivity contribution in [2.75, 3.05) is 13.1 Å². The van der Waals surface area contributed by atoms with Gasteiger partial charge in [-0.1, -0.05) is 18.2 Å². The number of rotatable bonds is 1. The molecule has 4 heteroatoms. The predicted molar refractivity (Wildman–Crippen MR) is 58.5 cm³/mol. The van der Waals surface area contributed by atoms with Crippen LogP contribution in [0.2, 0.25) is 0 Å². The van der Waals surface area contributed by atoms with Crippen molar-refractivity contribution in [3.63, 3.8) is 0 Å². The number of carbonyl (C=O) groups is 2. The smallest absolute Gasteiger partial charge is 0.259 e. The van der Waals surface area contributed by atoms with E-state index in [1.807, 2.05) is 18.2 Å². The third-order valence-corrected chi connectivity index (χ3v) is 3.06. The number of fused-ring (bicyclic) bond motifs is 3. The van der Waals surface area contributed by atoms with E-state index in [0.717, 1.165) is 5.56 Å². The summed E-state index contributed by atoms with van der Waals surface area (Å²) in [6.07, 6.45) is 0. The van der Waals surface area contributed by atoms with Gasteiger partial charge in [0.05, 0.1) is 12.2 Å². The standard InChI is InChI=1S/C12H10N2O2/c13-5-9-10(15)6-14-11(9)7-3-1-2-4-8(7)12(14)16/h1-4H,5-6,13H2. The lowest BCUT2D eigenvalue weighted by atomic mass is 10.0. The molecule has 0 aliphatic carbocycles. The molecule has 0 radical (unpaired) electrons. The second-order valence-corrected chi connectivity index (χ2v) is 3.89. The van der Waals surface area contributed by atoms with Crippen molar-refractivity contribution in [2.45, 2.75) is 0 Å². The molecule has 1 aromatic rings. The zero-order chi connectivity index (χ0) is 11.3. The van der Waals surface area contributed by atoms with Gasteiger partial charge in [-0.25, -0.2) is 0 Å². The van der Waals surface area contributed by atoms with Crippen molar-refractivity contribution in [3.05, 3.63) is 41.0 Å². The average molecular weight is 214 g/mol. The Bertz CT molecular complexity index is 546. The molecule has 0 unspecified atom stereocenters. The molecule has 0 atom stereocenters. The highest BCUT2D eigenvalue weighted by molar-refractivity contribution is 6.20. The lowest BCUT2D eigenvalue weighted by molar-refractivity contribution is -0.114. The fourth-order valence-electron chi connectivity index (χ4n) is 2.33. The Morgan fingerprint density at radius 3 is 2.56 bits per heavy atom. The Balaban J connectivity index is 2.30. The summed E-state index contributed by atoms with van der Waals surface area (Å²) in [5, 5.41) is 0. The van der Waals surface area contributed by atoms with Gasteiger partial charge in [-0.05, 0) is 6.07 Å². The number of ketones is 1. The van der Waals surface area contributed by atoms with Crippen molar-refractivity contribution >= 4 is 17.4 Å². The van der Waals surface area contributed by atoms with E-state index in [1.165, 1.54) is 4.90 Å². The molecule has 80 valence electrons. The molecule has 3 rings (SSSR count). The first-order valence-corrected chi connectivity index (χ1v) is 5.11. The zero-order valence-corrected chi connectivity index (χ0v) is 8.56. The molecule has 1 aromatic carbocycles. The van der Waals surface area contributed by atoms with Crippen molar-refractivity contribution in [2.24, 2.45) is 5.73 Å². The van der Waals surface area contributed by atoms with Crippen LogP contribution in [0.25, 0.3) is 5.70 Å². The Hall–Kier alpha value is -1.94. The van der Waals surface area contributed by atoms with Gasteiger partial charge in [-0.15, -0.1) is 0 Å². The van der Waals surface area contributed by atoms with E-state index in [1.54, 1.807) is 6.07 Å². The molecule has 4 nitrogen and oxygen atoms in total. The van der Waals surface area contributed by atoms with E-state index in [-0.39, 0.29) is 24.8 Å². The summed E-state index contributed by atoms with van der Waals surface area (Å²) in [4.78, 5) is 25.1. The number of nitrogens with two attached hydrogens (primary N) is 1. The van der Waals surface area contributed by atoms with Crippen molar-refractivity contribution in [1.29, 1.82) is 0 Å². The maximum atomic E-state index is 12.0. The molecule has 16 heavy (non-hydrogen) atoms. The van der Waals surface area contributed by atoms with Gasteiger partial charge in [0.1, 0.15) is 0 Å². The van der Waals surface area contributed by atoms with E-state index in [9.17, 15) is 9.59 Å². The van der Waals surface area contributed by atoms with Gasteiger partial charge in [0, 0.05) is 23.2 Å². The van der Waals surface area contributed by atoms with Gasteiger partial charge in [0.25, 0.3) is 5.91 Å². The third-order valence-electron chi connectivity index (χ3n) is 3.06. The highest BCUT2D eigenvalue weighted by Gasteiger charge is 2.40. The molecule has 2 aliphatic heterocycles. The van der Waals surface area contributed by atoms with Crippen LogP contribution in [0.5, 0.6) is 0 Å². The van der Waals surface area contributed by atoms with Gasteiger partial charge < -0.3 is 5.73 Å². The molecule has 0 fully saturated rings. The molecule has 0 aromatic heterocycles.